The Labute approximate surface area is 201 Å². The van der Waals surface area contributed by atoms with E-state index in [0.29, 0.717) is 5.17 Å². The number of halogens is 2. The van der Waals surface area contributed by atoms with Crippen molar-refractivity contribution in [3.8, 4) is 5.69 Å². The highest BCUT2D eigenvalue weighted by Gasteiger charge is 2.35. The number of aromatic nitrogens is 1. The van der Waals surface area contributed by atoms with E-state index < -0.39 is 11.7 Å². The molecule has 3 heterocycles. The largest absolute Gasteiger partial charge is 0.318 e. The number of rotatable bonds is 7. The van der Waals surface area contributed by atoms with Gasteiger partial charge in [0.15, 0.2) is 5.84 Å². The van der Waals surface area contributed by atoms with Gasteiger partial charge in [0.2, 0.25) is 5.17 Å². The number of nitrogens with zero attached hydrogens (tertiary/aromatic N) is 4. The summed E-state index contributed by atoms with van der Waals surface area (Å²) in [6.45, 7) is 5.99. The number of fused-ring (bicyclic) bond motifs is 1. The maximum atomic E-state index is 13.6. The van der Waals surface area contributed by atoms with Crippen LogP contribution in [0.5, 0.6) is 0 Å². The molecule has 2 aliphatic heterocycles. The van der Waals surface area contributed by atoms with E-state index in [9.17, 15) is 9.18 Å². The zero-order chi connectivity index (χ0) is 23.7. The molecule has 1 N–H and O–H groups in total. The van der Waals surface area contributed by atoms with Gasteiger partial charge in [-0.15, -0.1) is 0 Å². The van der Waals surface area contributed by atoms with Gasteiger partial charge in [-0.1, -0.05) is 37.8 Å². The van der Waals surface area contributed by atoms with Gasteiger partial charge in [-0.05, 0) is 74.4 Å². The maximum absolute atomic E-state index is 13.6. The molecule has 0 atom stereocenters. The SMILES string of the molecule is CCCCCCC1=NN2C(=N)C(=Cc3cc(C)n(-c4ccc(F)c(Cl)c4)c3C)C(=O)N=C2S1. The van der Waals surface area contributed by atoms with Crippen LogP contribution in [0.25, 0.3) is 11.8 Å². The molecule has 0 aliphatic carbocycles. The van der Waals surface area contributed by atoms with Crippen molar-refractivity contribution in [2.45, 2.75) is 52.9 Å². The molecule has 0 spiro atoms. The summed E-state index contributed by atoms with van der Waals surface area (Å²) in [6.07, 6.45) is 7.02. The van der Waals surface area contributed by atoms with Crippen molar-refractivity contribution < 1.29 is 9.18 Å². The summed E-state index contributed by atoms with van der Waals surface area (Å²) < 4.78 is 15.5. The fraction of sp³-hybridized carbons (Fsp3) is 0.333. The normalized spacial score (nSPS) is 17.0. The number of benzene rings is 1. The van der Waals surface area contributed by atoms with E-state index in [1.807, 2.05) is 24.5 Å². The average molecular weight is 486 g/mol. The number of hydrazone groups is 1. The quantitative estimate of drug-likeness (QED) is 0.360. The maximum Gasteiger partial charge on any atom is 0.283 e. The highest BCUT2D eigenvalue weighted by Crippen LogP contribution is 2.31. The molecule has 1 amide bonds. The third-order valence-corrected chi connectivity index (χ3v) is 6.93. The van der Waals surface area contributed by atoms with Crippen LogP contribution >= 0.6 is 23.4 Å². The lowest BCUT2D eigenvalue weighted by molar-refractivity contribution is -0.114. The van der Waals surface area contributed by atoms with Gasteiger partial charge in [-0.25, -0.2) is 4.39 Å². The Hall–Kier alpha value is -2.71. The molecule has 4 rings (SSSR count). The molecule has 0 radical (unpaired) electrons. The number of aliphatic imine (C=N–C) groups is 1. The summed E-state index contributed by atoms with van der Waals surface area (Å²) in [7, 11) is 0. The molecule has 2 aliphatic rings. The van der Waals surface area contributed by atoms with Crippen LogP contribution in [-0.2, 0) is 4.79 Å². The molecule has 0 unspecified atom stereocenters. The first-order chi connectivity index (χ1) is 15.8. The Morgan fingerprint density at radius 3 is 2.73 bits per heavy atom. The zero-order valence-electron chi connectivity index (χ0n) is 18.8. The van der Waals surface area contributed by atoms with Gasteiger partial charge >= 0.3 is 0 Å². The minimum Gasteiger partial charge on any atom is -0.318 e. The van der Waals surface area contributed by atoms with Crippen molar-refractivity contribution in [2.24, 2.45) is 10.1 Å². The van der Waals surface area contributed by atoms with E-state index in [-0.39, 0.29) is 16.4 Å². The lowest BCUT2D eigenvalue weighted by Gasteiger charge is -2.20. The third-order valence-electron chi connectivity index (χ3n) is 5.67. The van der Waals surface area contributed by atoms with Gasteiger partial charge in [-0.2, -0.15) is 15.1 Å². The predicted molar refractivity (Wildman–Crippen MR) is 134 cm³/mol. The number of nitrogens with one attached hydrogen (secondary N) is 1. The van der Waals surface area contributed by atoms with Crippen LogP contribution in [0.4, 0.5) is 4.39 Å². The van der Waals surface area contributed by atoms with Gasteiger partial charge < -0.3 is 4.57 Å². The minimum atomic E-state index is -0.478. The molecular formula is C24H25ClFN5OS. The Morgan fingerprint density at radius 1 is 1.21 bits per heavy atom. The molecular weight excluding hydrogens is 461 g/mol. The van der Waals surface area contributed by atoms with Crippen LogP contribution in [0.1, 0.15) is 56.0 Å². The van der Waals surface area contributed by atoms with Crippen LogP contribution < -0.4 is 0 Å². The summed E-state index contributed by atoms with van der Waals surface area (Å²) >= 11 is 7.34. The van der Waals surface area contributed by atoms with Gasteiger partial charge in [0.25, 0.3) is 5.91 Å². The number of aryl methyl sites for hydroxylation is 1. The number of carbonyl (C=O) groups excluding carboxylic acids is 1. The summed E-state index contributed by atoms with van der Waals surface area (Å²) in [5.74, 6) is -0.902. The summed E-state index contributed by atoms with van der Waals surface area (Å²) in [5, 5.41) is 16.0. The van der Waals surface area contributed by atoms with Crippen molar-refractivity contribution >= 4 is 51.4 Å². The van der Waals surface area contributed by atoms with Gasteiger partial charge in [-0.3, -0.25) is 10.2 Å². The van der Waals surface area contributed by atoms with Crippen molar-refractivity contribution in [3.63, 3.8) is 0 Å². The molecule has 9 heteroatoms. The molecule has 1 aromatic carbocycles. The van der Waals surface area contributed by atoms with Crippen molar-refractivity contribution in [3.05, 3.63) is 57.6 Å². The number of carbonyl (C=O) groups is 1. The average Bonchev–Trinajstić information content (AvgIpc) is 3.30. The Balaban J connectivity index is 1.61. The second-order valence-corrected chi connectivity index (χ2v) is 9.53. The fourth-order valence-electron chi connectivity index (χ4n) is 3.95. The van der Waals surface area contributed by atoms with Crippen LogP contribution in [0.3, 0.4) is 0 Å². The highest BCUT2D eigenvalue weighted by atomic mass is 35.5. The second kappa shape index (κ2) is 9.65. The van der Waals surface area contributed by atoms with E-state index in [2.05, 4.69) is 17.0 Å². The summed E-state index contributed by atoms with van der Waals surface area (Å²) in [4.78, 5) is 16.9. The monoisotopic (exact) mass is 485 g/mol. The van der Waals surface area contributed by atoms with E-state index in [1.54, 1.807) is 18.2 Å². The number of unbranched alkanes of at least 4 members (excludes halogenated alkanes) is 3. The molecule has 0 bridgehead atoms. The smallest absolute Gasteiger partial charge is 0.283 e. The number of hydrogen-bond donors (Lipinski definition) is 1. The number of hydrogen-bond acceptors (Lipinski definition) is 4. The fourth-order valence-corrected chi connectivity index (χ4v) is 5.05. The van der Waals surface area contributed by atoms with Gasteiger partial charge in [0.05, 0.1) is 10.6 Å². The first-order valence-electron chi connectivity index (χ1n) is 10.9. The van der Waals surface area contributed by atoms with E-state index >= 15 is 0 Å². The molecule has 0 fully saturated rings. The zero-order valence-corrected chi connectivity index (χ0v) is 20.4. The van der Waals surface area contributed by atoms with Crippen molar-refractivity contribution in [2.75, 3.05) is 0 Å². The van der Waals surface area contributed by atoms with E-state index in [0.717, 1.165) is 46.9 Å². The van der Waals surface area contributed by atoms with Crippen molar-refractivity contribution in [1.82, 2.24) is 9.58 Å². The summed E-state index contributed by atoms with van der Waals surface area (Å²) in [6, 6.07) is 6.46. The molecule has 33 heavy (non-hydrogen) atoms. The van der Waals surface area contributed by atoms with Crippen LogP contribution in [0.15, 0.2) is 39.9 Å². The predicted octanol–water partition coefficient (Wildman–Crippen LogP) is 6.48. The number of amidine groups is 2. The highest BCUT2D eigenvalue weighted by molar-refractivity contribution is 8.26. The topological polar surface area (TPSA) is 73.8 Å². The molecule has 172 valence electrons. The lowest BCUT2D eigenvalue weighted by Crippen LogP contribution is -2.35. The lowest BCUT2D eigenvalue weighted by atomic mass is 10.1. The first kappa shape index (κ1) is 23.4. The Morgan fingerprint density at radius 2 is 2.00 bits per heavy atom. The van der Waals surface area contributed by atoms with Crippen LogP contribution in [-0.4, -0.2) is 31.5 Å². The standard InChI is InChI=1S/C24H25ClFN5OS/c1-4-5-6-7-8-21-29-31-22(27)18(23(32)28-24(31)33-21)12-16-11-14(2)30(15(16)3)17-9-10-20(26)19(25)13-17/h9-13,27H,4-8H2,1-3H3. The Bertz CT molecular complexity index is 1230. The number of thioether (sulfide) groups is 1. The molecule has 0 saturated carbocycles. The molecule has 6 nitrogen and oxygen atoms in total. The van der Waals surface area contributed by atoms with Crippen LogP contribution in [0.2, 0.25) is 5.02 Å². The third kappa shape index (κ3) is 4.68. The van der Waals surface area contributed by atoms with Gasteiger partial charge in [0, 0.05) is 17.1 Å². The second-order valence-electron chi connectivity index (χ2n) is 8.08. The van der Waals surface area contributed by atoms with Crippen LogP contribution in [0, 0.1) is 25.1 Å². The Kier molecular flexibility index (Phi) is 6.86. The van der Waals surface area contributed by atoms with Gasteiger partial charge in [0.1, 0.15) is 10.9 Å². The van der Waals surface area contributed by atoms with E-state index in [1.165, 1.54) is 35.7 Å². The van der Waals surface area contributed by atoms with E-state index in [4.69, 9.17) is 17.0 Å². The number of amides is 1. The summed E-state index contributed by atoms with van der Waals surface area (Å²) in [5.41, 5.74) is 3.42. The van der Waals surface area contributed by atoms with Crippen molar-refractivity contribution in [1.29, 1.82) is 5.41 Å². The molecule has 2 aromatic rings. The first-order valence-corrected chi connectivity index (χ1v) is 12.1. The minimum absolute atomic E-state index is 0.0238. The molecule has 1 aromatic heterocycles. The molecule has 0 saturated heterocycles.